The van der Waals surface area contributed by atoms with E-state index < -0.39 is 0 Å². The Bertz CT molecular complexity index is 1190. The summed E-state index contributed by atoms with van der Waals surface area (Å²) < 4.78 is 26.9. The quantitative estimate of drug-likeness (QED) is 0.306. The minimum Gasteiger partial charge on any atom is -0.497 e. The van der Waals surface area contributed by atoms with Crippen LogP contribution in [-0.4, -0.2) is 41.5 Å². The van der Waals surface area contributed by atoms with Crippen molar-refractivity contribution in [2.75, 3.05) is 40.9 Å². The number of anilines is 1. The molecule has 1 N–H and O–H groups in total. The molecule has 0 aliphatic rings. The number of ether oxygens (including phenoxy) is 5. The van der Waals surface area contributed by atoms with Gasteiger partial charge >= 0.3 is 0 Å². The van der Waals surface area contributed by atoms with Crippen molar-refractivity contribution in [3.05, 3.63) is 77.4 Å². The number of methoxy groups -OCH3 is 5. The number of benzene rings is 3. The van der Waals surface area contributed by atoms with Crippen LogP contribution in [-0.2, 0) is 4.79 Å². The molecule has 3 rings (SSSR count). The maximum absolute atomic E-state index is 12.7. The first-order valence-corrected chi connectivity index (χ1v) is 10.8. The predicted octanol–water partition coefficient (Wildman–Crippen LogP) is 5.55. The summed E-state index contributed by atoms with van der Waals surface area (Å²) in [5.74, 6) is 2.63. The Morgan fingerprint density at radius 2 is 1.34 bits per heavy atom. The van der Waals surface area contributed by atoms with Crippen LogP contribution >= 0.6 is 0 Å². The summed E-state index contributed by atoms with van der Waals surface area (Å²) in [7, 11) is 7.87. The van der Waals surface area contributed by atoms with E-state index in [2.05, 4.69) is 5.32 Å². The SMILES string of the molecule is COc1ccc(/C=C/C(=O)Nc2c(C=Cc3cc(OC)c(OC)c(OC)c3)cccc2OC)cc1. The highest BCUT2D eigenvalue weighted by atomic mass is 16.5. The van der Waals surface area contributed by atoms with Crippen molar-refractivity contribution in [1.82, 2.24) is 0 Å². The number of hydrogen-bond acceptors (Lipinski definition) is 6. The second kappa shape index (κ2) is 12.2. The molecular weight excluding hydrogens is 446 g/mol. The minimum absolute atomic E-state index is 0.284. The monoisotopic (exact) mass is 475 g/mol. The van der Waals surface area contributed by atoms with Gasteiger partial charge in [-0.05, 0) is 47.5 Å². The van der Waals surface area contributed by atoms with Gasteiger partial charge < -0.3 is 29.0 Å². The fourth-order valence-corrected chi connectivity index (χ4v) is 3.43. The lowest BCUT2D eigenvalue weighted by Gasteiger charge is -2.13. The smallest absolute Gasteiger partial charge is 0.248 e. The minimum atomic E-state index is -0.284. The van der Waals surface area contributed by atoms with Gasteiger partial charge in [-0.25, -0.2) is 0 Å². The Balaban J connectivity index is 1.86. The molecule has 0 atom stereocenters. The highest BCUT2D eigenvalue weighted by molar-refractivity contribution is 6.04. The van der Waals surface area contributed by atoms with E-state index in [1.165, 1.54) is 6.08 Å². The van der Waals surface area contributed by atoms with Gasteiger partial charge in [0.15, 0.2) is 11.5 Å². The van der Waals surface area contributed by atoms with Gasteiger partial charge in [0.25, 0.3) is 0 Å². The Kier molecular flexibility index (Phi) is 8.78. The molecule has 0 bridgehead atoms. The molecule has 0 saturated carbocycles. The molecule has 3 aromatic carbocycles. The van der Waals surface area contributed by atoms with Crippen molar-refractivity contribution in [1.29, 1.82) is 0 Å². The highest BCUT2D eigenvalue weighted by Crippen LogP contribution is 2.39. The Morgan fingerprint density at radius 1 is 0.686 bits per heavy atom. The molecule has 7 heteroatoms. The summed E-state index contributed by atoms with van der Waals surface area (Å²) in [4.78, 5) is 12.7. The topological polar surface area (TPSA) is 75.3 Å². The number of carbonyl (C=O) groups excluding carboxylic acids is 1. The molecule has 0 unspecified atom stereocenters. The molecule has 0 fully saturated rings. The second-order valence-electron chi connectivity index (χ2n) is 7.31. The molecular formula is C28H29NO6. The van der Waals surface area contributed by atoms with Gasteiger partial charge in [-0.2, -0.15) is 0 Å². The number of para-hydroxylation sites is 1. The van der Waals surface area contributed by atoms with Gasteiger partial charge in [0.1, 0.15) is 11.5 Å². The number of nitrogens with one attached hydrogen (secondary N) is 1. The van der Waals surface area contributed by atoms with Crippen LogP contribution in [0.3, 0.4) is 0 Å². The number of amides is 1. The third-order valence-electron chi connectivity index (χ3n) is 5.21. The first-order valence-electron chi connectivity index (χ1n) is 10.8. The molecule has 0 aliphatic carbocycles. The predicted molar refractivity (Wildman–Crippen MR) is 139 cm³/mol. The van der Waals surface area contributed by atoms with E-state index in [9.17, 15) is 4.79 Å². The summed E-state index contributed by atoms with van der Waals surface area (Å²) >= 11 is 0. The molecule has 1 amide bonds. The molecule has 0 aliphatic heterocycles. The van der Waals surface area contributed by atoms with Gasteiger partial charge in [-0.15, -0.1) is 0 Å². The standard InChI is InChI=1S/C28H29NO6/c1-31-22-14-10-19(11-15-22)12-16-26(30)29-27-21(7-6-8-23(27)32-2)13-9-20-17-24(33-3)28(35-5)25(18-20)34-4/h6-18H,1-5H3,(H,29,30)/b13-9?,16-12+. The van der Waals surface area contributed by atoms with Crippen LogP contribution in [0.25, 0.3) is 18.2 Å². The Morgan fingerprint density at radius 3 is 1.91 bits per heavy atom. The maximum Gasteiger partial charge on any atom is 0.248 e. The molecule has 7 nitrogen and oxygen atoms in total. The summed E-state index contributed by atoms with van der Waals surface area (Å²) in [6, 6.07) is 16.6. The summed E-state index contributed by atoms with van der Waals surface area (Å²) in [6.07, 6.45) is 6.98. The largest absolute Gasteiger partial charge is 0.497 e. The molecule has 0 aromatic heterocycles. The van der Waals surface area contributed by atoms with E-state index in [0.29, 0.717) is 28.7 Å². The lowest BCUT2D eigenvalue weighted by Crippen LogP contribution is -2.10. The fraction of sp³-hybridized carbons (Fsp3) is 0.179. The molecule has 182 valence electrons. The molecule has 0 heterocycles. The van der Waals surface area contributed by atoms with E-state index >= 15 is 0 Å². The average Bonchev–Trinajstić information content (AvgIpc) is 2.90. The van der Waals surface area contributed by atoms with Gasteiger partial charge in [0, 0.05) is 11.6 Å². The maximum atomic E-state index is 12.7. The lowest BCUT2D eigenvalue weighted by molar-refractivity contribution is -0.111. The summed E-state index contributed by atoms with van der Waals surface area (Å²) in [6.45, 7) is 0. The zero-order valence-corrected chi connectivity index (χ0v) is 20.5. The van der Waals surface area contributed by atoms with E-state index in [0.717, 1.165) is 22.4 Å². The van der Waals surface area contributed by atoms with Crippen LogP contribution in [0, 0.1) is 0 Å². The van der Waals surface area contributed by atoms with Crippen LogP contribution < -0.4 is 29.0 Å². The second-order valence-corrected chi connectivity index (χ2v) is 7.31. The van der Waals surface area contributed by atoms with E-state index in [4.69, 9.17) is 23.7 Å². The van der Waals surface area contributed by atoms with Crippen LogP contribution in [0.1, 0.15) is 16.7 Å². The van der Waals surface area contributed by atoms with Crippen molar-refractivity contribution < 1.29 is 28.5 Å². The molecule has 0 radical (unpaired) electrons. The zero-order chi connectivity index (χ0) is 25.2. The van der Waals surface area contributed by atoms with Crippen molar-refractivity contribution in [3.63, 3.8) is 0 Å². The number of rotatable bonds is 10. The van der Waals surface area contributed by atoms with Crippen molar-refractivity contribution in [3.8, 4) is 28.7 Å². The van der Waals surface area contributed by atoms with Crippen molar-refractivity contribution in [2.24, 2.45) is 0 Å². The number of carbonyl (C=O) groups is 1. The van der Waals surface area contributed by atoms with Crippen LogP contribution in [0.2, 0.25) is 0 Å². The normalized spacial score (nSPS) is 10.9. The third kappa shape index (κ3) is 6.35. The molecule has 0 saturated heterocycles. The van der Waals surface area contributed by atoms with Gasteiger partial charge in [0.05, 0.1) is 41.2 Å². The number of hydrogen-bond donors (Lipinski definition) is 1. The van der Waals surface area contributed by atoms with Gasteiger partial charge in [-0.3, -0.25) is 4.79 Å². The summed E-state index contributed by atoms with van der Waals surface area (Å²) in [5.41, 5.74) is 3.04. The Hall–Kier alpha value is -4.39. The molecule has 0 spiro atoms. The van der Waals surface area contributed by atoms with Crippen LogP contribution in [0.15, 0.2) is 60.7 Å². The van der Waals surface area contributed by atoms with Crippen LogP contribution in [0.5, 0.6) is 28.7 Å². The Labute approximate surface area is 205 Å². The van der Waals surface area contributed by atoms with E-state index in [1.54, 1.807) is 47.7 Å². The highest BCUT2D eigenvalue weighted by Gasteiger charge is 2.13. The average molecular weight is 476 g/mol. The van der Waals surface area contributed by atoms with Crippen LogP contribution in [0.4, 0.5) is 5.69 Å². The first-order chi connectivity index (χ1) is 17.0. The molecule has 3 aromatic rings. The zero-order valence-electron chi connectivity index (χ0n) is 20.5. The first kappa shape index (κ1) is 25.2. The third-order valence-corrected chi connectivity index (χ3v) is 5.21. The van der Waals surface area contributed by atoms with E-state index in [1.807, 2.05) is 60.7 Å². The van der Waals surface area contributed by atoms with Gasteiger partial charge in [0.2, 0.25) is 11.7 Å². The van der Waals surface area contributed by atoms with E-state index in [-0.39, 0.29) is 5.91 Å². The molecule has 35 heavy (non-hydrogen) atoms. The van der Waals surface area contributed by atoms with Crippen molar-refractivity contribution in [2.45, 2.75) is 0 Å². The van der Waals surface area contributed by atoms with Gasteiger partial charge in [-0.1, -0.05) is 36.4 Å². The lowest BCUT2D eigenvalue weighted by atomic mass is 10.1. The van der Waals surface area contributed by atoms with Crippen molar-refractivity contribution >= 4 is 29.8 Å². The summed E-state index contributed by atoms with van der Waals surface area (Å²) in [5, 5.41) is 2.93. The fourth-order valence-electron chi connectivity index (χ4n) is 3.43.